The lowest BCUT2D eigenvalue weighted by Crippen LogP contribution is -2.12. The van der Waals surface area contributed by atoms with E-state index in [2.05, 4.69) is 31.1 Å². The summed E-state index contributed by atoms with van der Waals surface area (Å²) in [4.78, 5) is 18.7. The topological polar surface area (TPSA) is 68.9 Å². The summed E-state index contributed by atoms with van der Waals surface area (Å²) in [5.41, 5.74) is 0.414. The number of rotatable bonds is 4. The van der Waals surface area contributed by atoms with Gasteiger partial charge in [0, 0.05) is 10.7 Å². The number of aromatic nitrogens is 3. The van der Waals surface area contributed by atoms with E-state index in [9.17, 15) is 13.6 Å². The summed E-state index contributed by atoms with van der Waals surface area (Å²) in [6.07, 6.45) is -2.10. The minimum Gasteiger partial charge on any atom is -0.338 e. The van der Waals surface area contributed by atoms with Gasteiger partial charge in [-0.15, -0.1) is 0 Å². The van der Waals surface area contributed by atoms with Gasteiger partial charge in [0.25, 0.3) is 6.43 Å². The second-order valence-corrected chi connectivity index (χ2v) is 4.14. The normalized spacial score (nSPS) is 10.9. The average molecular weight is 318 g/mol. The van der Waals surface area contributed by atoms with Gasteiger partial charge < -0.3 is 4.52 Å². The SMILES string of the molecule is O=C(Cc1nc(-c2ncccc2Br)no1)C(F)F. The zero-order chi connectivity index (χ0) is 13.1. The van der Waals surface area contributed by atoms with Gasteiger partial charge in [-0.05, 0) is 28.1 Å². The monoisotopic (exact) mass is 317 g/mol. The fraction of sp³-hybridized carbons (Fsp3) is 0.200. The highest BCUT2D eigenvalue weighted by Gasteiger charge is 2.20. The number of hydrogen-bond donors (Lipinski definition) is 0. The van der Waals surface area contributed by atoms with Gasteiger partial charge in [-0.3, -0.25) is 9.78 Å². The Balaban J connectivity index is 2.21. The molecule has 2 rings (SSSR count). The molecule has 2 aromatic rings. The Morgan fingerprint density at radius 3 is 2.94 bits per heavy atom. The third-order valence-electron chi connectivity index (χ3n) is 2.01. The Hall–Kier alpha value is -1.70. The molecule has 5 nitrogen and oxygen atoms in total. The number of carbonyl (C=O) groups is 1. The van der Waals surface area contributed by atoms with Gasteiger partial charge in [0.05, 0.1) is 6.42 Å². The third kappa shape index (κ3) is 2.76. The van der Waals surface area contributed by atoms with Gasteiger partial charge in [-0.2, -0.15) is 4.98 Å². The van der Waals surface area contributed by atoms with Crippen molar-refractivity contribution in [2.24, 2.45) is 0 Å². The van der Waals surface area contributed by atoms with Crippen molar-refractivity contribution in [1.82, 2.24) is 15.1 Å². The number of nitrogens with zero attached hydrogens (tertiary/aromatic N) is 3. The lowest BCUT2D eigenvalue weighted by Gasteiger charge is -1.95. The number of alkyl halides is 2. The van der Waals surface area contributed by atoms with Crippen LogP contribution >= 0.6 is 15.9 Å². The van der Waals surface area contributed by atoms with Crippen LogP contribution in [0.2, 0.25) is 0 Å². The number of ketones is 1. The summed E-state index contributed by atoms with van der Waals surface area (Å²) < 4.78 is 29.5. The summed E-state index contributed by atoms with van der Waals surface area (Å²) in [6.45, 7) is 0. The largest absolute Gasteiger partial charge is 0.338 e. The van der Waals surface area contributed by atoms with Crippen molar-refractivity contribution in [3.05, 3.63) is 28.7 Å². The van der Waals surface area contributed by atoms with Gasteiger partial charge in [-0.25, -0.2) is 8.78 Å². The van der Waals surface area contributed by atoms with Crippen molar-refractivity contribution in [3.63, 3.8) is 0 Å². The molecular weight excluding hydrogens is 312 g/mol. The molecule has 94 valence electrons. The van der Waals surface area contributed by atoms with Crippen LogP contribution in [0.1, 0.15) is 5.89 Å². The van der Waals surface area contributed by atoms with Crippen LogP contribution in [0.25, 0.3) is 11.5 Å². The first-order chi connectivity index (χ1) is 8.58. The van der Waals surface area contributed by atoms with Gasteiger partial charge in [-0.1, -0.05) is 5.16 Å². The average Bonchev–Trinajstić information content (AvgIpc) is 2.77. The Labute approximate surface area is 108 Å². The van der Waals surface area contributed by atoms with E-state index >= 15 is 0 Å². The molecule has 2 aromatic heterocycles. The van der Waals surface area contributed by atoms with Gasteiger partial charge in [0.1, 0.15) is 5.69 Å². The number of hydrogen-bond acceptors (Lipinski definition) is 5. The van der Waals surface area contributed by atoms with E-state index in [0.717, 1.165) is 0 Å². The van der Waals surface area contributed by atoms with Crippen LogP contribution in [0.5, 0.6) is 0 Å². The molecule has 0 saturated heterocycles. The second kappa shape index (κ2) is 5.30. The van der Waals surface area contributed by atoms with Crippen molar-refractivity contribution < 1.29 is 18.1 Å². The Kier molecular flexibility index (Phi) is 3.75. The van der Waals surface area contributed by atoms with E-state index in [0.29, 0.717) is 10.2 Å². The van der Waals surface area contributed by atoms with Crippen molar-refractivity contribution >= 4 is 21.7 Å². The van der Waals surface area contributed by atoms with Crippen LogP contribution in [-0.2, 0) is 11.2 Å². The minimum atomic E-state index is -3.04. The predicted octanol–water partition coefficient (Wildman–Crippen LogP) is 2.27. The van der Waals surface area contributed by atoms with Crippen LogP contribution in [0, 0.1) is 0 Å². The molecule has 0 amide bonds. The van der Waals surface area contributed by atoms with E-state index in [1.165, 1.54) is 6.20 Å². The molecule has 2 heterocycles. The molecule has 0 fully saturated rings. The molecule has 0 spiro atoms. The molecule has 0 aliphatic heterocycles. The Morgan fingerprint density at radius 1 is 1.50 bits per heavy atom. The van der Waals surface area contributed by atoms with Crippen molar-refractivity contribution in [2.75, 3.05) is 0 Å². The quantitative estimate of drug-likeness (QED) is 0.865. The van der Waals surface area contributed by atoms with E-state index in [1.54, 1.807) is 12.1 Å². The standard InChI is InChI=1S/C10H6BrF2N3O2/c11-5-2-1-3-14-8(5)10-15-7(18-16-10)4-6(17)9(12)13/h1-3,9H,4H2. The van der Waals surface area contributed by atoms with Crippen molar-refractivity contribution in [3.8, 4) is 11.5 Å². The van der Waals surface area contributed by atoms with Gasteiger partial charge in [0.15, 0.2) is 0 Å². The van der Waals surface area contributed by atoms with Crippen LogP contribution in [0.3, 0.4) is 0 Å². The maximum Gasteiger partial charge on any atom is 0.296 e. The molecule has 0 N–H and O–H groups in total. The molecule has 0 saturated carbocycles. The van der Waals surface area contributed by atoms with Crippen molar-refractivity contribution in [2.45, 2.75) is 12.8 Å². The fourth-order valence-electron chi connectivity index (χ4n) is 1.20. The first kappa shape index (κ1) is 12.7. The minimum absolute atomic E-state index is 0.138. The molecule has 0 unspecified atom stereocenters. The second-order valence-electron chi connectivity index (χ2n) is 3.29. The van der Waals surface area contributed by atoms with Gasteiger partial charge in [0.2, 0.25) is 17.5 Å². The number of halogens is 3. The van der Waals surface area contributed by atoms with E-state index in [-0.39, 0.29) is 11.7 Å². The highest BCUT2D eigenvalue weighted by molar-refractivity contribution is 9.10. The maximum absolute atomic E-state index is 12.0. The van der Waals surface area contributed by atoms with E-state index in [4.69, 9.17) is 4.52 Å². The Morgan fingerprint density at radius 2 is 2.28 bits per heavy atom. The fourth-order valence-corrected chi connectivity index (χ4v) is 1.63. The molecule has 0 bridgehead atoms. The van der Waals surface area contributed by atoms with E-state index in [1.807, 2.05) is 0 Å². The Bertz CT molecular complexity index is 574. The van der Waals surface area contributed by atoms with E-state index < -0.39 is 18.6 Å². The number of pyridine rings is 1. The van der Waals surface area contributed by atoms with Crippen molar-refractivity contribution in [1.29, 1.82) is 0 Å². The lowest BCUT2D eigenvalue weighted by atomic mass is 10.3. The summed E-state index contributed by atoms with van der Waals surface area (Å²) in [7, 11) is 0. The summed E-state index contributed by atoms with van der Waals surface area (Å²) in [5, 5.41) is 3.58. The molecule has 0 atom stereocenters. The molecule has 18 heavy (non-hydrogen) atoms. The highest BCUT2D eigenvalue weighted by atomic mass is 79.9. The third-order valence-corrected chi connectivity index (χ3v) is 2.65. The van der Waals surface area contributed by atoms with Crippen LogP contribution < -0.4 is 0 Å². The first-order valence-electron chi connectivity index (χ1n) is 4.82. The molecule has 0 aromatic carbocycles. The maximum atomic E-state index is 12.0. The number of Topliss-reactive ketones (excluding diaryl/α,β-unsaturated/α-hetero) is 1. The molecule has 8 heteroatoms. The van der Waals surface area contributed by atoms with Crippen LogP contribution in [0.15, 0.2) is 27.3 Å². The predicted molar refractivity (Wildman–Crippen MR) is 59.9 cm³/mol. The zero-order valence-electron chi connectivity index (χ0n) is 8.81. The highest BCUT2D eigenvalue weighted by Crippen LogP contribution is 2.22. The summed E-state index contributed by atoms with van der Waals surface area (Å²) in [5.74, 6) is -1.28. The zero-order valence-corrected chi connectivity index (χ0v) is 10.4. The first-order valence-corrected chi connectivity index (χ1v) is 5.61. The van der Waals surface area contributed by atoms with Gasteiger partial charge >= 0.3 is 0 Å². The molecule has 0 aliphatic carbocycles. The molecule has 0 radical (unpaired) electrons. The number of carbonyl (C=O) groups excluding carboxylic acids is 1. The molecule has 0 aliphatic rings. The van der Waals surface area contributed by atoms with Crippen LogP contribution in [-0.4, -0.2) is 27.3 Å². The lowest BCUT2D eigenvalue weighted by molar-refractivity contribution is -0.129. The smallest absolute Gasteiger partial charge is 0.296 e. The summed E-state index contributed by atoms with van der Waals surface area (Å²) in [6, 6.07) is 3.43. The molecular formula is C10H6BrF2N3O2. The summed E-state index contributed by atoms with van der Waals surface area (Å²) >= 11 is 3.25. The van der Waals surface area contributed by atoms with Crippen LogP contribution in [0.4, 0.5) is 8.78 Å².